The number of benzene rings is 2. The molecule has 0 amide bonds. The summed E-state index contributed by atoms with van der Waals surface area (Å²) in [6, 6.07) is 23.4. The SMILES string of the molecule is C[Si](C)(CCCC#N)CCSc1ccc(C#Cc2ccccc2)cc1. The first-order valence-corrected chi connectivity index (χ1v) is 13.2. The van der Waals surface area contributed by atoms with Crippen LogP contribution in [0.25, 0.3) is 0 Å². The maximum Gasteiger partial charge on any atom is 0.0621 e. The van der Waals surface area contributed by atoms with Crippen molar-refractivity contribution in [2.24, 2.45) is 0 Å². The molecule has 0 spiro atoms. The first-order valence-electron chi connectivity index (χ1n) is 8.76. The highest BCUT2D eigenvalue weighted by atomic mass is 32.2. The fourth-order valence-corrected chi connectivity index (χ4v) is 7.08. The number of nitrogens with zero attached hydrogens (tertiary/aromatic N) is 1. The fraction of sp³-hybridized carbons (Fsp3) is 0.318. The largest absolute Gasteiger partial charge is 0.198 e. The van der Waals surface area contributed by atoms with Gasteiger partial charge in [-0.25, -0.2) is 0 Å². The molecule has 0 radical (unpaired) electrons. The van der Waals surface area contributed by atoms with Crippen molar-refractivity contribution in [2.45, 2.75) is 42.9 Å². The minimum atomic E-state index is -1.15. The summed E-state index contributed by atoms with van der Waals surface area (Å²) in [6.45, 7) is 4.88. The molecule has 0 heterocycles. The highest BCUT2D eigenvalue weighted by Crippen LogP contribution is 2.25. The Hall–Kier alpha value is -1.94. The number of hydrogen-bond donors (Lipinski definition) is 0. The third-order valence-corrected chi connectivity index (χ3v) is 8.86. The quantitative estimate of drug-likeness (QED) is 0.253. The van der Waals surface area contributed by atoms with Gasteiger partial charge >= 0.3 is 0 Å². The lowest BCUT2D eigenvalue weighted by molar-refractivity contribution is 0.937. The minimum Gasteiger partial charge on any atom is -0.198 e. The second-order valence-corrected chi connectivity index (χ2v) is 13.4. The highest BCUT2D eigenvalue weighted by molar-refractivity contribution is 7.99. The van der Waals surface area contributed by atoms with Gasteiger partial charge in [0.1, 0.15) is 0 Å². The summed E-state index contributed by atoms with van der Waals surface area (Å²) in [5.41, 5.74) is 2.10. The van der Waals surface area contributed by atoms with E-state index in [0.717, 1.165) is 17.5 Å². The lowest BCUT2D eigenvalue weighted by Gasteiger charge is -2.21. The molecule has 0 atom stereocenters. The van der Waals surface area contributed by atoms with Crippen LogP contribution in [0.15, 0.2) is 59.5 Å². The molecule has 0 aromatic heterocycles. The summed E-state index contributed by atoms with van der Waals surface area (Å²) >= 11 is 1.93. The van der Waals surface area contributed by atoms with Gasteiger partial charge in [-0.2, -0.15) is 5.26 Å². The van der Waals surface area contributed by atoms with E-state index in [1.165, 1.54) is 22.7 Å². The average molecular weight is 364 g/mol. The van der Waals surface area contributed by atoms with Crippen LogP contribution < -0.4 is 0 Å². The lowest BCUT2D eigenvalue weighted by Crippen LogP contribution is -2.25. The van der Waals surface area contributed by atoms with Gasteiger partial charge < -0.3 is 0 Å². The van der Waals surface area contributed by atoms with Crippen molar-refractivity contribution in [3.8, 4) is 17.9 Å². The van der Waals surface area contributed by atoms with Crippen molar-refractivity contribution >= 4 is 19.8 Å². The maximum atomic E-state index is 8.66. The molecule has 2 rings (SSSR count). The maximum absolute atomic E-state index is 8.66. The first-order chi connectivity index (χ1) is 12.1. The van der Waals surface area contributed by atoms with E-state index in [1.54, 1.807) is 0 Å². The van der Waals surface area contributed by atoms with E-state index in [0.29, 0.717) is 6.42 Å². The second-order valence-electron chi connectivity index (χ2n) is 6.91. The van der Waals surface area contributed by atoms with Crippen LogP contribution >= 0.6 is 11.8 Å². The Bertz CT molecular complexity index is 749. The summed E-state index contributed by atoms with van der Waals surface area (Å²) in [5, 5.41) is 8.66. The summed E-state index contributed by atoms with van der Waals surface area (Å²) in [7, 11) is -1.15. The molecular weight excluding hydrogens is 338 g/mol. The van der Waals surface area contributed by atoms with Crippen LogP contribution in [-0.2, 0) is 0 Å². The number of unbranched alkanes of at least 4 members (excludes halogenated alkanes) is 1. The van der Waals surface area contributed by atoms with Crippen molar-refractivity contribution in [3.63, 3.8) is 0 Å². The Kier molecular flexibility index (Phi) is 7.86. The van der Waals surface area contributed by atoms with Gasteiger partial charge in [0.15, 0.2) is 0 Å². The molecule has 1 nitrogen and oxygen atoms in total. The topological polar surface area (TPSA) is 23.8 Å². The van der Waals surface area contributed by atoms with Crippen molar-refractivity contribution in [3.05, 3.63) is 65.7 Å². The third kappa shape index (κ3) is 7.65. The molecule has 0 aliphatic carbocycles. The van der Waals surface area contributed by atoms with E-state index in [2.05, 4.69) is 55.3 Å². The van der Waals surface area contributed by atoms with E-state index in [1.807, 2.05) is 42.1 Å². The first kappa shape index (κ1) is 19.4. The highest BCUT2D eigenvalue weighted by Gasteiger charge is 2.19. The predicted octanol–water partition coefficient (Wildman–Crippen LogP) is 6.19. The minimum absolute atomic E-state index is 0.703. The molecule has 25 heavy (non-hydrogen) atoms. The van der Waals surface area contributed by atoms with Crippen molar-refractivity contribution < 1.29 is 0 Å². The van der Waals surface area contributed by atoms with Crippen LogP contribution in [0.5, 0.6) is 0 Å². The molecule has 0 saturated heterocycles. The Balaban J connectivity index is 1.81. The molecule has 2 aromatic carbocycles. The van der Waals surface area contributed by atoms with Gasteiger partial charge in [0, 0.05) is 30.5 Å². The molecule has 3 heteroatoms. The van der Waals surface area contributed by atoms with E-state index in [-0.39, 0.29) is 0 Å². The summed E-state index contributed by atoms with van der Waals surface area (Å²) < 4.78 is 0. The zero-order valence-corrected chi connectivity index (χ0v) is 16.9. The van der Waals surface area contributed by atoms with E-state index >= 15 is 0 Å². The van der Waals surface area contributed by atoms with Gasteiger partial charge in [-0.1, -0.05) is 49.2 Å². The molecule has 0 N–H and O–H groups in total. The number of thioether (sulfide) groups is 1. The summed E-state index contributed by atoms with van der Waals surface area (Å²) in [4.78, 5) is 1.31. The standard InChI is InChI=1S/C22H25NSSi/c1-25(2,18-7-6-16-23)19-17-24-22-14-12-21(13-15-22)11-10-20-8-4-3-5-9-20/h3-5,8-9,12-15H,6-7,17-19H2,1-2H3. The van der Waals surface area contributed by atoms with Crippen LogP contribution in [0.2, 0.25) is 25.2 Å². The number of hydrogen-bond acceptors (Lipinski definition) is 2. The Morgan fingerprint density at radius 3 is 2.16 bits per heavy atom. The number of rotatable bonds is 7. The second kappa shape index (κ2) is 10.1. The molecule has 0 saturated carbocycles. The number of nitriles is 1. The van der Waals surface area contributed by atoms with Gasteiger partial charge in [0.2, 0.25) is 0 Å². The van der Waals surface area contributed by atoms with E-state index < -0.39 is 8.07 Å². The zero-order valence-electron chi connectivity index (χ0n) is 15.1. The van der Waals surface area contributed by atoms with Gasteiger partial charge in [-0.05, 0) is 54.6 Å². The van der Waals surface area contributed by atoms with Gasteiger partial charge in [0.05, 0.1) is 6.07 Å². The molecule has 0 bridgehead atoms. The van der Waals surface area contributed by atoms with Crippen molar-refractivity contribution in [1.82, 2.24) is 0 Å². The van der Waals surface area contributed by atoms with Gasteiger partial charge in [0.25, 0.3) is 0 Å². The van der Waals surface area contributed by atoms with Crippen LogP contribution in [0, 0.1) is 23.2 Å². The Labute approximate surface area is 157 Å². The molecular formula is C22H25NSSi. The van der Waals surface area contributed by atoms with Crippen molar-refractivity contribution in [2.75, 3.05) is 5.75 Å². The lowest BCUT2D eigenvalue weighted by atomic mass is 10.2. The van der Waals surface area contributed by atoms with E-state index in [9.17, 15) is 0 Å². The van der Waals surface area contributed by atoms with Crippen LogP contribution in [0.3, 0.4) is 0 Å². The molecule has 0 fully saturated rings. The molecule has 2 aromatic rings. The zero-order chi connectivity index (χ0) is 18.0. The smallest absolute Gasteiger partial charge is 0.0621 e. The predicted molar refractivity (Wildman–Crippen MR) is 112 cm³/mol. The van der Waals surface area contributed by atoms with Crippen LogP contribution in [0.4, 0.5) is 0 Å². The third-order valence-electron chi connectivity index (χ3n) is 4.17. The monoisotopic (exact) mass is 363 g/mol. The Morgan fingerprint density at radius 1 is 0.880 bits per heavy atom. The summed E-state index contributed by atoms with van der Waals surface area (Å²) in [6.07, 6.45) is 1.77. The van der Waals surface area contributed by atoms with Crippen LogP contribution in [-0.4, -0.2) is 13.8 Å². The van der Waals surface area contributed by atoms with Gasteiger partial charge in [-0.15, -0.1) is 11.8 Å². The summed E-state index contributed by atoms with van der Waals surface area (Å²) in [5.74, 6) is 7.58. The van der Waals surface area contributed by atoms with Crippen molar-refractivity contribution in [1.29, 1.82) is 5.26 Å². The molecule has 0 aliphatic rings. The molecule has 128 valence electrons. The van der Waals surface area contributed by atoms with E-state index in [4.69, 9.17) is 5.26 Å². The molecule has 0 unspecified atom stereocenters. The van der Waals surface area contributed by atoms with Crippen LogP contribution in [0.1, 0.15) is 24.0 Å². The normalized spacial score (nSPS) is 10.6. The average Bonchev–Trinajstić information content (AvgIpc) is 2.62. The Morgan fingerprint density at radius 2 is 1.52 bits per heavy atom. The fourth-order valence-electron chi connectivity index (χ4n) is 2.52. The van der Waals surface area contributed by atoms with Gasteiger partial charge in [-0.3, -0.25) is 0 Å². The molecule has 0 aliphatic heterocycles.